The van der Waals surface area contributed by atoms with E-state index in [0.717, 1.165) is 11.1 Å². The van der Waals surface area contributed by atoms with Crippen LogP contribution in [0, 0.1) is 5.82 Å². The number of hydrogen-bond donors (Lipinski definition) is 3. The topological polar surface area (TPSA) is 82.6 Å². The fraction of sp³-hybridized carbons (Fsp3) is 0.0455. The molecular formula is C22H17FN4O2. The van der Waals surface area contributed by atoms with Crippen molar-refractivity contribution < 1.29 is 14.0 Å². The molecule has 0 saturated heterocycles. The maximum atomic E-state index is 13.3. The first-order valence-corrected chi connectivity index (χ1v) is 8.97. The summed E-state index contributed by atoms with van der Waals surface area (Å²) in [6.45, 7) is 0. The molecule has 7 heteroatoms. The minimum Gasteiger partial charge on any atom is -0.322 e. The Bertz CT molecular complexity index is 1100. The number of rotatable bonds is 3. The molecule has 3 aromatic rings. The number of nitrogens with zero attached hydrogens (tertiary/aromatic N) is 1. The van der Waals surface area contributed by atoms with Gasteiger partial charge in [-0.2, -0.15) is 0 Å². The second-order valence-corrected chi connectivity index (χ2v) is 6.39. The highest BCUT2D eigenvalue weighted by atomic mass is 19.1. The maximum absolute atomic E-state index is 13.3. The van der Waals surface area contributed by atoms with Crippen molar-refractivity contribution in [2.75, 3.05) is 10.6 Å². The number of para-hydroxylation sites is 1. The minimum absolute atomic E-state index is 0.270. The smallest absolute Gasteiger partial charge is 0.321 e. The van der Waals surface area contributed by atoms with Crippen LogP contribution in [-0.2, 0) is 4.79 Å². The van der Waals surface area contributed by atoms with Gasteiger partial charge in [0.2, 0.25) is 6.17 Å². The standard InChI is InChI=1S/C22H17FN4O2/c23-15-9-6-10-16(13-15)24-22(29)27-20-21(28)25-18-12-5-4-11-17(18)19(26-20)14-7-2-1-3-8-14/h1-13,20H,(H,25,28)(H2,24,27,29). The van der Waals surface area contributed by atoms with Crippen LogP contribution in [0.3, 0.4) is 0 Å². The van der Waals surface area contributed by atoms with Gasteiger partial charge in [-0.25, -0.2) is 14.2 Å². The molecule has 1 aliphatic heterocycles. The lowest BCUT2D eigenvalue weighted by Crippen LogP contribution is -2.44. The Morgan fingerprint density at radius 3 is 2.52 bits per heavy atom. The van der Waals surface area contributed by atoms with Crippen LogP contribution in [0.1, 0.15) is 11.1 Å². The molecule has 0 spiro atoms. The van der Waals surface area contributed by atoms with E-state index in [1.54, 1.807) is 12.1 Å². The van der Waals surface area contributed by atoms with Crippen LogP contribution in [0.2, 0.25) is 0 Å². The van der Waals surface area contributed by atoms with E-state index in [9.17, 15) is 14.0 Å². The Kier molecular flexibility index (Phi) is 5.03. The van der Waals surface area contributed by atoms with Crippen LogP contribution in [0.15, 0.2) is 83.9 Å². The number of carbonyl (C=O) groups excluding carboxylic acids is 2. The molecule has 0 saturated carbocycles. The van der Waals surface area contributed by atoms with E-state index >= 15 is 0 Å². The first-order valence-electron chi connectivity index (χ1n) is 8.97. The number of benzodiazepines with no additional fused rings is 1. The second-order valence-electron chi connectivity index (χ2n) is 6.39. The van der Waals surface area contributed by atoms with E-state index in [0.29, 0.717) is 11.4 Å². The molecule has 0 radical (unpaired) electrons. The summed E-state index contributed by atoms with van der Waals surface area (Å²) in [5.41, 5.74) is 3.02. The highest BCUT2D eigenvalue weighted by Gasteiger charge is 2.27. The normalized spacial score (nSPS) is 15.4. The van der Waals surface area contributed by atoms with E-state index in [4.69, 9.17) is 0 Å². The van der Waals surface area contributed by atoms with Gasteiger partial charge in [-0.1, -0.05) is 54.6 Å². The number of anilines is 2. The van der Waals surface area contributed by atoms with E-state index in [-0.39, 0.29) is 5.69 Å². The van der Waals surface area contributed by atoms with Crippen molar-refractivity contribution in [3.8, 4) is 0 Å². The van der Waals surface area contributed by atoms with Gasteiger partial charge in [-0.15, -0.1) is 0 Å². The van der Waals surface area contributed by atoms with Gasteiger partial charge in [0.05, 0.1) is 11.4 Å². The van der Waals surface area contributed by atoms with Crippen molar-refractivity contribution in [1.29, 1.82) is 0 Å². The molecule has 29 heavy (non-hydrogen) atoms. The largest absolute Gasteiger partial charge is 0.322 e. The second kappa shape index (κ2) is 7.93. The highest BCUT2D eigenvalue weighted by Crippen LogP contribution is 2.23. The van der Waals surface area contributed by atoms with Crippen molar-refractivity contribution in [3.05, 3.63) is 95.8 Å². The molecule has 4 rings (SSSR count). The lowest BCUT2D eigenvalue weighted by atomic mass is 10.0. The van der Waals surface area contributed by atoms with Crippen molar-refractivity contribution in [2.24, 2.45) is 4.99 Å². The minimum atomic E-state index is -1.16. The third-order valence-electron chi connectivity index (χ3n) is 4.34. The number of halogens is 1. The monoisotopic (exact) mass is 388 g/mol. The third-order valence-corrected chi connectivity index (χ3v) is 4.34. The van der Waals surface area contributed by atoms with Crippen LogP contribution in [-0.4, -0.2) is 23.8 Å². The van der Waals surface area contributed by atoms with Crippen LogP contribution >= 0.6 is 0 Å². The fourth-order valence-electron chi connectivity index (χ4n) is 3.04. The lowest BCUT2D eigenvalue weighted by Gasteiger charge is -2.14. The van der Waals surface area contributed by atoms with Crippen molar-refractivity contribution in [2.45, 2.75) is 6.17 Å². The molecule has 0 fully saturated rings. The number of hydrogen-bond acceptors (Lipinski definition) is 3. The van der Waals surface area contributed by atoms with Gasteiger partial charge in [0.1, 0.15) is 5.82 Å². The first-order chi connectivity index (χ1) is 14.1. The number of aliphatic imine (C=N–C) groups is 1. The summed E-state index contributed by atoms with van der Waals surface area (Å²) in [5.74, 6) is -0.951. The van der Waals surface area contributed by atoms with Gasteiger partial charge >= 0.3 is 6.03 Å². The van der Waals surface area contributed by atoms with Gasteiger partial charge in [-0.05, 0) is 24.3 Å². The van der Waals surface area contributed by atoms with Crippen LogP contribution in [0.25, 0.3) is 0 Å². The number of carbonyl (C=O) groups is 2. The first kappa shape index (κ1) is 18.4. The predicted octanol–water partition coefficient (Wildman–Crippen LogP) is 3.76. The number of nitrogens with one attached hydrogen (secondary N) is 3. The molecule has 0 aromatic heterocycles. The van der Waals surface area contributed by atoms with E-state index in [1.807, 2.05) is 48.5 Å². The molecule has 144 valence electrons. The number of amides is 3. The van der Waals surface area contributed by atoms with Gasteiger partial charge < -0.3 is 16.0 Å². The zero-order valence-corrected chi connectivity index (χ0v) is 15.2. The van der Waals surface area contributed by atoms with E-state index in [1.165, 1.54) is 18.2 Å². The molecule has 3 N–H and O–H groups in total. The van der Waals surface area contributed by atoms with Gasteiger partial charge in [0.15, 0.2) is 0 Å². The molecule has 1 aliphatic rings. The number of fused-ring (bicyclic) bond motifs is 1. The fourth-order valence-corrected chi connectivity index (χ4v) is 3.04. The molecule has 3 aromatic carbocycles. The average molecular weight is 388 g/mol. The predicted molar refractivity (Wildman–Crippen MR) is 109 cm³/mol. The van der Waals surface area contributed by atoms with E-state index < -0.39 is 23.9 Å². The summed E-state index contributed by atoms with van der Waals surface area (Å²) < 4.78 is 13.3. The Morgan fingerprint density at radius 2 is 1.72 bits per heavy atom. The van der Waals surface area contributed by atoms with Gasteiger partial charge in [0, 0.05) is 16.8 Å². The molecule has 0 aliphatic carbocycles. The summed E-state index contributed by atoms with van der Waals surface area (Å²) in [6.07, 6.45) is -1.16. The SMILES string of the molecule is O=C(Nc1cccc(F)c1)NC1N=C(c2ccccc2)c2ccccc2NC1=O. The average Bonchev–Trinajstić information content (AvgIpc) is 2.85. The van der Waals surface area contributed by atoms with Crippen molar-refractivity contribution in [1.82, 2.24) is 5.32 Å². The summed E-state index contributed by atoms with van der Waals surface area (Å²) in [5, 5.41) is 7.84. The van der Waals surface area contributed by atoms with Gasteiger partial charge in [0.25, 0.3) is 5.91 Å². The Labute approximate surface area is 166 Å². The van der Waals surface area contributed by atoms with Crippen molar-refractivity contribution >= 4 is 29.0 Å². The number of urea groups is 1. The highest BCUT2D eigenvalue weighted by molar-refractivity contribution is 6.19. The van der Waals surface area contributed by atoms with Crippen LogP contribution in [0.4, 0.5) is 20.6 Å². The van der Waals surface area contributed by atoms with Gasteiger partial charge in [-0.3, -0.25) is 4.79 Å². The van der Waals surface area contributed by atoms with Crippen LogP contribution < -0.4 is 16.0 Å². The summed E-state index contributed by atoms with van der Waals surface area (Å²) in [7, 11) is 0. The molecular weight excluding hydrogens is 371 g/mol. The molecule has 0 bridgehead atoms. The Morgan fingerprint density at radius 1 is 0.966 bits per heavy atom. The zero-order chi connectivity index (χ0) is 20.2. The quantitative estimate of drug-likeness (QED) is 0.638. The van der Waals surface area contributed by atoms with E-state index in [2.05, 4.69) is 20.9 Å². The Hall–Kier alpha value is -4.00. The van der Waals surface area contributed by atoms with Crippen LogP contribution in [0.5, 0.6) is 0 Å². The summed E-state index contributed by atoms with van der Waals surface area (Å²) >= 11 is 0. The third kappa shape index (κ3) is 4.14. The zero-order valence-electron chi connectivity index (χ0n) is 15.2. The molecule has 1 unspecified atom stereocenters. The summed E-state index contributed by atoms with van der Waals surface area (Å²) in [6, 6.07) is 21.5. The molecule has 1 atom stereocenters. The molecule has 1 heterocycles. The molecule has 3 amide bonds. The van der Waals surface area contributed by atoms with Crippen molar-refractivity contribution in [3.63, 3.8) is 0 Å². The summed E-state index contributed by atoms with van der Waals surface area (Å²) in [4.78, 5) is 29.6. The molecule has 6 nitrogen and oxygen atoms in total. The lowest BCUT2D eigenvalue weighted by molar-refractivity contribution is -0.117. The Balaban J connectivity index is 1.64. The maximum Gasteiger partial charge on any atom is 0.321 e. The number of benzene rings is 3.